The predicted molar refractivity (Wildman–Crippen MR) is 159 cm³/mol. The first kappa shape index (κ1) is 20.3. The van der Waals surface area contributed by atoms with Crippen molar-refractivity contribution >= 4 is 54.1 Å². The van der Waals surface area contributed by atoms with E-state index in [9.17, 15) is 0 Å². The monoisotopic (exact) mass is 469 g/mol. The van der Waals surface area contributed by atoms with Crippen LogP contribution >= 0.6 is 0 Å². The van der Waals surface area contributed by atoms with E-state index in [1.165, 1.54) is 70.9 Å². The van der Waals surface area contributed by atoms with Crippen LogP contribution in [0.5, 0.6) is 0 Å². The highest BCUT2D eigenvalue weighted by molar-refractivity contribution is 6.21. The number of hydrogen-bond donors (Lipinski definition) is 0. The van der Waals surface area contributed by atoms with Crippen LogP contribution in [0.3, 0.4) is 0 Å². The summed E-state index contributed by atoms with van der Waals surface area (Å²) in [5.41, 5.74) is 6.16. The van der Waals surface area contributed by atoms with Crippen molar-refractivity contribution in [2.45, 2.75) is 0 Å². The molecule has 0 bridgehead atoms. The van der Waals surface area contributed by atoms with E-state index in [2.05, 4.69) is 144 Å². The van der Waals surface area contributed by atoms with Gasteiger partial charge in [0, 0.05) is 16.5 Å². The molecular weight excluding hydrogens is 446 g/mol. The molecule has 0 aliphatic rings. The van der Waals surface area contributed by atoms with Gasteiger partial charge in [0.15, 0.2) is 0 Å². The Morgan fingerprint density at radius 1 is 0.351 bits per heavy atom. The molecule has 0 radical (unpaired) electrons. The fraction of sp³-hybridized carbons (Fsp3) is 0. The van der Waals surface area contributed by atoms with Gasteiger partial charge in [0.05, 0.1) is 11.0 Å². The first-order valence-corrected chi connectivity index (χ1v) is 12.8. The lowest BCUT2D eigenvalue weighted by atomic mass is 9.95. The SMILES string of the molecule is c1ccc(-n2c3ccccc3c3c4ccc(-c5ccc6ccc7ccccc7c6c5)cc4ccc32)cc1. The van der Waals surface area contributed by atoms with Gasteiger partial charge in [-0.1, -0.05) is 103 Å². The van der Waals surface area contributed by atoms with Gasteiger partial charge in [-0.2, -0.15) is 0 Å². The molecule has 0 spiro atoms. The highest BCUT2D eigenvalue weighted by Gasteiger charge is 2.15. The van der Waals surface area contributed by atoms with Gasteiger partial charge in [-0.05, 0) is 79.8 Å². The average molecular weight is 470 g/mol. The Balaban J connectivity index is 1.37. The molecular formula is C36H23N. The fourth-order valence-electron chi connectivity index (χ4n) is 6.01. The lowest BCUT2D eigenvalue weighted by Crippen LogP contribution is -1.92. The number of benzene rings is 7. The van der Waals surface area contributed by atoms with Crippen molar-refractivity contribution in [1.82, 2.24) is 4.57 Å². The minimum Gasteiger partial charge on any atom is -0.309 e. The van der Waals surface area contributed by atoms with Crippen molar-refractivity contribution in [1.29, 1.82) is 0 Å². The third-order valence-electron chi connectivity index (χ3n) is 7.75. The van der Waals surface area contributed by atoms with E-state index in [1.54, 1.807) is 0 Å². The summed E-state index contributed by atoms with van der Waals surface area (Å²) in [5.74, 6) is 0. The number of para-hydroxylation sites is 2. The molecule has 0 fully saturated rings. The molecule has 8 aromatic rings. The van der Waals surface area contributed by atoms with Gasteiger partial charge in [0.2, 0.25) is 0 Å². The van der Waals surface area contributed by atoms with E-state index in [4.69, 9.17) is 0 Å². The second-order valence-corrected chi connectivity index (χ2v) is 9.81. The maximum absolute atomic E-state index is 2.38. The smallest absolute Gasteiger partial charge is 0.0547 e. The van der Waals surface area contributed by atoms with Crippen molar-refractivity contribution < 1.29 is 0 Å². The van der Waals surface area contributed by atoms with Crippen molar-refractivity contribution in [2.75, 3.05) is 0 Å². The van der Waals surface area contributed by atoms with Crippen LogP contribution in [-0.2, 0) is 0 Å². The van der Waals surface area contributed by atoms with E-state index in [0.29, 0.717) is 0 Å². The normalized spacial score (nSPS) is 11.8. The highest BCUT2D eigenvalue weighted by atomic mass is 15.0. The van der Waals surface area contributed by atoms with Crippen LogP contribution in [0.2, 0.25) is 0 Å². The lowest BCUT2D eigenvalue weighted by molar-refractivity contribution is 1.18. The molecule has 0 aliphatic carbocycles. The predicted octanol–water partition coefficient (Wildman–Crippen LogP) is 9.91. The Kier molecular flexibility index (Phi) is 4.29. The molecule has 0 aliphatic heterocycles. The summed E-state index contributed by atoms with van der Waals surface area (Å²) in [6.45, 7) is 0. The maximum Gasteiger partial charge on any atom is 0.0547 e. The highest BCUT2D eigenvalue weighted by Crippen LogP contribution is 2.38. The van der Waals surface area contributed by atoms with Crippen molar-refractivity contribution in [2.24, 2.45) is 0 Å². The number of aromatic nitrogens is 1. The molecule has 0 unspecified atom stereocenters. The van der Waals surface area contributed by atoms with Gasteiger partial charge in [-0.25, -0.2) is 0 Å². The molecule has 172 valence electrons. The van der Waals surface area contributed by atoms with Gasteiger partial charge in [-0.3, -0.25) is 0 Å². The number of nitrogens with zero attached hydrogens (tertiary/aromatic N) is 1. The fourth-order valence-corrected chi connectivity index (χ4v) is 6.01. The summed E-state index contributed by atoms with van der Waals surface area (Å²) in [6.07, 6.45) is 0. The zero-order valence-electron chi connectivity index (χ0n) is 20.2. The number of rotatable bonds is 2. The van der Waals surface area contributed by atoms with Crippen LogP contribution in [0.25, 0.3) is 70.9 Å². The van der Waals surface area contributed by atoms with Gasteiger partial charge in [0.25, 0.3) is 0 Å². The van der Waals surface area contributed by atoms with E-state index in [-0.39, 0.29) is 0 Å². The molecule has 7 aromatic carbocycles. The summed E-state index contributed by atoms with van der Waals surface area (Å²) in [5, 5.41) is 10.3. The van der Waals surface area contributed by atoms with Gasteiger partial charge in [0.1, 0.15) is 0 Å². The average Bonchev–Trinajstić information content (AvgIpc) is 3.32. The molecule has 1 aromatic heterocycles. The third kappa shape index (κ3) is 3.04. The van der Waals surface area contributed by atoms with E-state index < -0.39 is 0 Å². The minimum absolute atomic E-state index is 1.19. The van der Waals surface area contributed by atoms with Crippen LogP contribution in [-0.4, -0.2) is 4.57 Å². The zero-order valence-corrected chi connectivity index (χ0v) is 20.2. The van der Waals surface area contributed by atoms with E-state index in [1.807, 2.05) is 0 Å². The van der Waals surface area contributed by atoms with E-state index >= 15 is 0 Å². The number of fused-ring (bicyclic) bond motifs is 8. The van der Waals surface area contributed by atoms with Crippen LogP contribution in [0.4, 0.5) is 0 Å². The Hall–Kier alpha value is -4.88. The van der Waals surface area contributed by atoms with Gasteiger partial charge in [-0.15, -0.1) is 0 Å². The number of hydrogen-bond acceptors (Lipinski definition) is 0. The summed E-state index contributed by atoms with van der Waals surface area (Å²) in [7, 11) is 0. The van der Waals surface area contributed by atoms with Crippen LogP contribution in [0.15, 0.2) is 140 Å². The van der Waals surface area contributed by atoms with E-state index in [0.717, 1.165) is 0 Å². The van der Waals surface area contributed by atoms with Crippen LogP contribution < -0.4 is 0 Å². The molecule has 1 nitrogen and oxygen atoms in total. The summed E-state index contributed by atoms with van der Waals surface area (Å²) in [4.78, 5) is 0. The summed E-state index contributed by atoms with van der Waals surface area (Å²) < 4.78 is 2.38. The van der Waals surface area contributed by atoms with Gasteiger partial charge >= 0.3 is 0 Å². The quantitative estimate of drug-likeness (QED) is 0.222. The molecule has 37 heavy (non-hydrogen) atoms. The topological polar surface area (TPSA) is 4.93 Å². The maximum atomic E-state index is 2.38. The molecule has 1 heterocycles. The van der Waals surface area contributed by atoms with Crippen molar-refractivity contribution in [3.05, 3.63) is 140 Å². The Bertz CT molecular complexity index is 2130. The minimum atomic E-state index is 1.19. The van der Waals surface area contributed by atoms with Crippen LogP contribution in [0, 0.1) is 0 Å². The summed E-state index contributed by atoms with van der Waals surface area (Å²) >= 11 is 0. The molecule has 1 heteroatoms. The molecule has 0 atom stereocenters. The Morgan fingerprint density at radius 3 is 1.89 bits per heavy atom. The van der Waals surface area contributed by atoms with Crippen LogP contribution in [0.1, 0.15) is 0 Å². The molecule has 8 rings (SSSR count). The largest absolute Gasteiger partial charge is 0.309 e. The molecule has 0 saturated carbocycles. The van der Waals surface area contributed by atoms with Gasteiger partial charge < -0.3 is 4.57 Å². The second kappa shape index (κ2) is 7.81. The first-order chi connectivity index (χ1) is 18.3. The second-order valence-electron chi connectivity index (χ2n) is 9.81. The Morgan fingerprint density at radius 2 is 1.00 bits per heavy atom. The van der Waals surface area contributed by atoms with Crippen molar-refractivity contribution in [3.63, 3.8) is 0 Å². The standard InChI is InChI=1S/C36H23N/c1-2-9-29(10-3-1)37-34-13-7-6-12-32(34)36-31-20-18-26(22-28(31)19-21-35(36)37)27-17-16-25-15-14-24-8-4-5-11-30(24)33(25)23-27/h1-23H. The third-order valence-corrected chi connectivity index (χ3v) is 7.75. The first-order valence-electron chi connectivity index (χ1n) is 12.8. The Labute approximate surface area is 214 Å². The van der Waals surface area contributed by atoms with Crippen molar-refractivity contribution in [3.8, 4) is 16.8 Å². The molecule has 0 saturated heterocycles. The lowest BCUT2D eigenvalue weighted by Gasteiger charge is -2.10. The summed E-state index contributed by atoms with van der Waals surface area (Å²) in [6, 6.07) is 50.8. The zero-order chi connectivity index (χ0) is 24.3. The molecule has 0 amide bonds. The molecule has 0 N–H and O–H groups in total.